The van der Waals surface area contributed by atoms with Crippen molar-refractivity contribution < 1.29 is 9.59 Å². The van der Waals surface area contributed by atoms with Gasteiger partial charge in [0.15, 0.2) is 0 Å². The molecule has 2 N–H and O–H groups in total. The van der Waals surface area contributed by atoms with Crippen LogP contribution in [-0.2, 0) is 29.2 Å². The van der Waals surface area contributed by atoms with Crippen molar-refractivity contribution in [2.75, 3.05) is 6.54 Å². The Balaban J connectivity index is 1.45. The van der Waals surface area contributed by atoms with Gasteiger partial charge in [0.1, 0.15) is 6.54 Å². The van der Waals surface area contributed by atoms with E-state index in [1.807, 2.05) is 12.1 Å². The summed E-state index contributed by atoms with van der Waals surface area (Å²) in [6, 6.07) is 13.9. The Morgan fingerprint density at radius 2 is 1.70 bits per heavy atom. The summed E-state index contributed by atoms with van der Waals surface area (Å²) >= 11 is 6.13. The van der Waals surface area contributed by atoms with E-state index in [0.717, 1.165) is 29.4 Å². The molecule has 1 aromatic heterocycles. The molecule has 8 nitrogen and oxygen atoms in total. The molecule has 3 aromatic rings. The molecule has 1 aliphatic rings. The summed E-state index contributed by atoms with van der Waals surface area (Å²) in [4.78, 5) is 51.5. The molecule has 0 unspecified atom stereocenters. The van der Waals surface area contributed by atoms with Gasteiger partial charge in [-0.1, -0.05) is 53.6 Å². The molecule has 0 radical (unpaired) electrons. The molecule has 37 heavy (non-hydrogen) atoms. The van der Waals surface area contributed by atoms with E-state index < -0.39 is 11.2 Å². The van der Waals surface area contributed by atoms with Crippen LogP contribution < -0.4 is 21.9 Å². The Bertz CT molecular complexity index is 1440. The van der Waals surface area contributed by atoms with E-state index in [1.54, 1.807) is 36.4 Å². The Kier molecular flexibility index (Phi) is 8.95. The number of rotatable bonds is 10. The van der Waals surface area contributed by atoms with E-state index in [4.69, 9.17) is 11.6 Å². The molecule has 1 aliphatic carbocycles. The maximum Gasteiger partial charge on any atom is 0.331 e. The zero-order valence-electron chi connectivity index (χ0n) is 20.7. The largest absolute Gasteiger partial charge is 0.354 e. The number of hydrogen-bond acceptors (Lipinski definition) is 4. The summed E-state index contributed by atoms with van der Waals surface area (Å²) in [6.07, 6.45) is 7.52. The molecule has 4 rings (SSSR count). The van der Waals surface area contributed by atoms with Crippen molar-refractivity contribution >= 4 is 34.3 Å². The summed E-state index contributed by atoms with van der Waals surface area (Å²) in [6.45, 7) is 0.430. The highest BCUT2D eigenvalue weighted by Crippen LogP contribution is 2.19. The monoisotopic (exact) mass is 522 g/mol. The SMILES string of the molecule is O=C(CCn1c(=O)c2ccccc2n(CC(=O)NCCC2=CCCCC2)c1=O)NCc1ccccc1Cl. The maximum atomic E-state index is 13.3. The first-order valence-electron chi connectivity index (χ1n) is 12.6. The smallest absolute Gasteiger partial charge is 0.331 e. The molecule has 2 amide bonds. The van der Waals surface area contributed by atoms with Crippen molar-refractivity contribution in [1.29, 1.82) is 0 Å². The summed E-state index contributed by atoms with van der Waals surface area (Å²) < 4.78 is 2.32. The first-order valence-corrected chi connectivity index (χ1v) is 13.0. The van der Waals surface area contributed by atoms with Gasteiger partial charge >= 0.3 is 5.69 Å². The van der Waals surface area contributed by atoms with Crippen LogP contribution in [0.1, 0.15) is 44.1 Å². The van der Waals surface area contributed by atoms with Crippen LogP contribution in [0.15, 0.2) is 69.8 Å². The van der Waals surface area contributed by atoms with E-state index in [2.05, 4.69) is 16.7 Å². The van der Waals surface area contributed by atoms with Crippen molar-refractivity contribution in [2.24, 2.45) is 0 Å². The highest BCUT2D eigenvalue weighted by Gasteiger charge is 2.16. The minimum absolute atomic E-state index is 0.0702. The number of para-hydroxylation sites is 1. The number of nitrogens with one attached hydrogen (secondary N) is 2. The Morgan fingerprint density at radius 3 is 2.49 bits per heavy atom. The number of benzene rings is 2. The van der Waals surface area contributed by atoms with Crippen molar-refractivity contribution in [3.8, 4) is 0 Å². The van der Waals surface area contributed by atoms with Crippen molar-refractivity contribution in [1.82, 2.24) is 19.8 Å². The molecule has 0 spiro atoms. The lowest BCUT2D eigenvalue weighted by Gasteiger charge is -2.15. The van der Waals surface area contributed by atoms with E-state index in [9.17, 15) is 19.2 Å². The lowest BCUT2D eigenvalue weighted by atomic mass is 9.97. The van der Waals surface area contributed by atoms with Gasteiger partial charge in [-0.25, -0.2) is 4.79 Å². The second-order valence-electron chi connectivity index (χ2n) is 9.17. The molecule has 194 valence electrons. The van der Waals surface area contributed by atoms with Crippen LogP contribution in [0.4, 0.5) is 0 Å². The number of fused-ring (bicyclic) bond motifs is 1. The van der Waals surface area contributed by atoms with Crippen LogP contribution in [0.3, 0.4) is 0 Å². The number of halogens is 1. The predicted octanol–water partition coefficient (Wildman–Crippen LogP) is 3.53. The first-order chi connectivity index (χ1) is 17.9. The van der Waals surface area contributed by atoms with Crippen molar-refractivity contribution in [2.45, 2.75) is 58.2 Å². The van der Waals surface area contributed by atoms with Crippen LogP contribution in [0, 0.1) is 0 Å². The van der Waals surface area contributed by atoms with Gasteiger partial charge in [-0.3, -0.25) is 23.5 Å². The van der Waals surface area contributed by atoms with Gasteiger partial charge in [-0.15, -0.1) is 0 Å². The summed E-state index contributed by atoms with van der Waals surface area (Å²) in [7, 11) is 0. The van der Waals surface area contributed by atoms with Crippen LogP contribution in [0.2, 0.25) is 5.02 Å². The van der Waals surface area contributed by atoms with E-state index in [1.165, 1.54) is 23.0 Å². The number of hydrogen-bond donors (Lipinski definition) is 2. The first kappa shape index (κ1) is 26.4. The number of amides is 2. The minimum atomic E-state index is -0.618. The number of nitrogens with zero attached hydrogens (tertiary/aromatic N) is 2. The Hall–Kier alpha value is -3.65. The van der Waals surface area contributed by atoms with Crippen LogP contribution in [0.5, 0.6) is 0 Å². The average Bonchev–Trinajstić information content (AvgIpc) is 2.91. The second-order valence-corrected chi connectivity index (χ2v) is 9.58. The number of carbonyl (C=O) groups is 2. The van der Waals surface area contributed by atoms with Gasteiger partial charge in [0.2, 0.25) is 11.8 Å². The standard InChI is InChI=1S/C28H31ClN4O4/c29-23-12-6-4-10-21(23)18-31-25(34)15-17-32-27(36)22-11-5-7-13-24(22)33(28(32)37)19-26(35)30-16-14-20-8-2-1-3-9-20/h4-8,10-13H,1-3,9,14-19H2,(H,30,35)(H,31,34). The number of allylic oxidation sites excluding steroid dienone is 1. The topological polar surface area (TPSA) is 102 Å². The molecule has 2 aromatic carbocycles. The molecular formula is C28H31ClN4O4. The van der Waals surface area contributed by atoms with Crippen molar-refractivity contribution in [3.05, 3.63) is 91.6 Å². The molecular weight excluding hydrogens is 492 g/mol. The van der Waals surface area contributed by atoms with Gasteiger partial charge in [0.05, 0.1) is 10.9 Å². The predicted molar refractivity (Wildman–Crippen MR) is 145 cm³/mol. The molecule has 0 atom stereocenters. The van der Waals surface area contributed by atoms with Gasteiger partial charge in [0.25, 0.3) is 5.56 Å². The lowest BCUT2D eigenvalue weighted by Crippen LogP contribution is -2.43. The van der Waals surface area contributed by atoms with Gasteiger partial charge in [-0.05, 0) is 55.9 Å². The number of carbonyl (C=O) groups excluding carboxylic acids is 2. The molecule has 1 heterocycles. The van der Waals surface area contributed by atoms with Gasteiger partial charge in [-0.2, -0.15) is 0 Å². The van der Waals surface area contributed by atoms with Crippen molar-refractivity contribution in [3.63, 3.8) is 0 Å². The van der Waals surface area contributed by atoms with Gasteiger partial charge < -0.3 is 10.6 Å². The third-order valence-electron chi connectivity index (χ3n) is 6.58. The molecule has 9 heteroatoms. The third kappa shape index (κ3) is 6.77. The van der Waals surface area contributed by atoms with Gasteiger partial charge in [0, 0.05) is 31.1 Å². The average molecular weight is 523 g/mol. The highest BCUT2D eigenvalue weighted by molar-refractivity contribution is 6.31. The molecule has 0 saturated heterocycles. The van der Waals surface area contributed by atoms with E-state index in [-0.39, 0.29) is 37.9 Å². The minimum Gasteiger partial charge on any atom is -0.354 e. The molecule has 0 fully saturated rings. The normalized spacial score (nSPS) is 13.3. The quantitative estimate of drug-likeness (QED) is 0.398. The molecule has 0 bridgehead atoms. The third-order valence-corrected chi connectivity index (χ3v) is 6.95. The van der Waals surface area contributed by atoms with Crippen LogP contribution in [-0.4, -0.2) is 27.5 Å². The zero-order chi connectivity index (χ0) is 26.2. The Morgan fingerprint density at radius 1 is 0.919 bits per heavy atom. The Labute approximate surface area is 219 Å². The number of aromatic nitrogens is 2. The summed E-state index contributed by atoms with van der Waals surface area (Å²) in [5.74, 6) is -0.618. The molecule has 0 aliphatic heterocycles. The lowest BCUT2D eigenvalue weighted by molar-refractivity contribution is -0.122. The fourth-order valence-electron chi connectivity index (χ4n) is 4.55. The van der Waals surface area contributed by atoms with Crippen LogP contribution >= 0.6 is 11.6 Å². The fourth-order valence-corrected chi connectivity index (χ4v) is 4.75. The maximum absolute atomic E-state index is 13.3. The van der Waals surface area contributed by atoms with Crippen LogP contribution in [0.25, 0.3) is 10.9 Å². The second kappa shape index (κ2) is 12.5. The van der Waals surface area contributed by atoms with E-state index in [0.29, 0.717) is 22.5 Å². The summed E-state index contributed by atoms with van der Waals surface area (Å²) in [5.41, 5.74) is 1.42. The molecule has 0 saturated carbocycles. The summed E-state index contributed by atoms with van der Waals surface area (Å²) in [5, 5.41) is 6.52. The highest BCUT2D eigenvalue weighted by atomic mass is 35.5. The zero-order valence-corrected chi connectivity index (χ0v) is 21.4. The van der Waals surface area contributed by atoms with E-state index >= 15 is 0 Å². The fraction of sp³-hybridized carbons (Fsp3) is 0.357.